The van der Waals surface area contributed by atoms with Crippen molar-refractivity contribution >= 4 is 40.7 Å². The van der Waals surface area contributed by atoms with E-state index in [0.29, 0.717) is 16.9 Å². The molecule has 2 aliphatic rings. The summed E-state index contributed by atoms with van der Waals surface area (Å²) in [6, 6.07) is 14.0. The molecule has 31 heavy (non-hydrogen) atoms. The third-order valence-corrected chi connectivity index (χ3v) is 6.03. The average molecular weight is 438 g/mol. The van der Waals surface area contributed by atoms with E-state index in [1.807, 2.05) is 24.0 Å². The Labute approximate surface area is 186 Å². The largest absolute Gasteiger partial charge is 0.350 e. The van der Waals surface area contributed by atoms with Gasteiger partial charge in [-0.25, -0.2) is 4.90 Å². The number of rotatable bonds is 4. The van der Waals surface area contributed by atoms with Crippen LogP contribution in [-0.4, -0.2) is 35.7 Å². The third-order valence-electron chi connectivity index (χ3n) is 5.68. The van der Waals surface area contributed by atoms with E-state index >= 15 is 0 Å². The van der Waals surface area contributed by atoms with Gasteiger partial charge in [-0.3, -0.25) is 14.4 Å². The molecular formula is C24H24ClN3O3. The Morgan fingerprint density at radius 1 is 0.903 bits per heavy atom. The first-order valence-corrected chi connectivity index (χ1v) is 10.9. The van der Waals surface area contributed by atoms with Gasteiger partial charge in [-0.05, 0) is 55.7 Å². The van der Waals surface area contributed by atoms with Gasteiger partial charge in [0.1, 0.15) is 10.7 Å². The summed E-state index contributed by atoms with van der Waals surface area (Å²) < 4.78 is 0. The second-order valence-electron chi connectivity index (χ2n) is 7.83. The molecule has 7 heteroatoms. The van der Waals surface area contributed by atoms with Crippen molar-refractivity contribution in [3.63, 3.8) is 0 Å². The molecular weight excluding hydrogens is 414 g/mol. The molecule has 0 aromatic heterocycles. The Kier molecular flexibility index (Phi) is 6.09. The zero-order valence-corrected chi connectivity index (χ0v) is 18.1. The van der Waals surface area contributed by atoms with Crippen LogP contribution in [0.3, 0.4) is 0 Å². The lowest BCUT2D eigenvalue weighted by Gasteiger charge is -2.20. The van der Waals surface area contributed by atoms with Crippen LogP contribution in [0.2, 0.25) is 0 Å². The molecule has 0 spiro atoms. The average Bonchev–Trinajstić information content (AvgIpc) is 2.98. The molecule has 2 aromatic carbocycles. The van der Waals surface area contributed by atoms with E-state index < -0.39 is 11.8 Å². The normalized spacial score (nSPS) is 17.2. The number of para-hydroxylation sites is 1. The van der Waals surface area contributed by atoms with E-state index in [1.165, 1.54) is 0 Å². The number of carbonyl (C=O) groups is 3. The van der Waals surface area contributed by atoms with Crippen LogP contribution in [0.1, 0.15) is 41.6 Å². The maximum atomic E-state index is 12.9. The van der Waals surface area contributed by atoms with Crippen molar-refractivity contribution in [2.24, 2.45) is 0 Å². The Morgan fingerprint density at radius 3 is 2.19 bits per heavy atom. The fourth-order valence-electron chi connectivity index (χ4n) is 3.94. The van der Waals surface area contributed by atoms with Crippen molar-refractivity contribution in [3.8, 4) is 0 Å². The molecule has 2 heterocycles. The van der Waals surface area contributed by atoms with Crippen LogP contribution < -0.4 is 10.2 Å². The van der Waals surface area contributed by atoms with Crippen molar-refractivity contribution < 1.29 is 14.4 Å². The highest BCUT2D eigenvalue weighted by Gasteiger charge is 2.39. The summed E-state index contributed by atoms with van der Waals surface area (Å²) in [4.78, 5) is 41.3. The van der Waals surface area contributed by atoms with Crippen molar-refractivity contribution in [1.29, 1.82) is 0 Å². The quantitative estimate of drug-likeness (QED) is 0.717. The Bertz CT molecular complexity index is 1050. The number of anilines is 2. The van der Waals surface area contributed by atoms with E-state index in [1.54, 1.807) is 36.4 Å². The summed E-state index contributed by atoms with van der Waals surface area (Å²) >= 11 is 6.21. The zero-order valence-electron chi connectivity index (χ0n) is 17.4. The molecule has 0 saturated carbocycles. The van der Waals surface area contributed by atoms with E-state index in [9.17, 15) is 14.4 Å². The van der Waals surface area contributed by atoms with Gasteiger partial charge in [-0.15, -0.1) is 0 Å². The first kappa shape index (κ1) is 21.1. The molecule has 6 nitrogen and oxygen atoms in total. The van der Waals surface area contributed by atoms with E-state index in [2.05, 4.69) is 5.32 Å². The highest BCUT2D eigenvalue weighted by molar-refractivity contribution is 6.53. The highest BCUT2D eigenvalue weighted by Crippen LogP contribution is 2.31. The van der Waals surface area contributed by atoms with Crippen LogP contribution in [0.15, 0.2) is 59.3 Å². The number of likely N-dealkylation sites (tertiary alicyclic amines) is 1. The van der Waals surface area contributed by atoms with E-state index in [4.69, 9.17) is 11.6 Å². The second kappa shape index (κ2) is 8.94. The van der Waals surface area contributed by atoms with Crippen LogP contribution in [0.5, 0.6) is 0 Å². The summed E-state index contributed by atoms with van der Waals surface area (Å²) in [7, 11) is 0. The van der Waals surface area contributed by atoms with Crippen molar-refractivity contribution in [2.75, 3.05) is 23.3 Å². The predicted octanol–water partition coefficient (Wildman–Crippen LogP) is 4.45. The van der Waals surface area contributed by atoms with Crippen molar-refractivity contribution in [2.45, 2.75) is 32.6 Å². The molecule has 3 amide bonds. The van der Waals surface area contributed by atoms with Gasteiger partial charge in [-0.2, -0.15) is 0 Å². The van der Waals surface area contributed by atoms with Crippen LogP contribution in [0.25, 0.3) is 0 Å². The first-order chi connectivity index (χ1) is 15.0. The Morgan fingerprint density at radius 2 is 1.55 bits per heavy atom. The molecule has 2 aromatic rings. The van der Waals surface area contributed by atoms with Gasteiger partial charge >= 0.3 is 0 Å². The number of benzene rings is 2. The first-order valence-electron chi connectivity index (χ1n) is 10.5. The van der Waals surface area contributed by atoms with Crippen molar-refractivity contribution in [3.05, 3.63) is 70.4 Å². The molecule has 0 atom stereocenters. The SMILES string of the molecule is Cc1ccccc1N1C(=O)C(Cl)=C(Nc2ccc(C(=O)N3CCCCCC3)cc2)C1=O. The molecule has 1 fully saturated rings. The lowest BCUT2D eigenvalue weighted by molar-refractivity contribution is -0.120. The van der Waals surface area contributed by atoms with Gasteiger partial charge in [0.05, 0.1) is 5.69 Å². The number of imide groups is 1. The summed E-state index contributed by atoms with van der Waals surface area (Å²) in [5.74, 6) is -1.05. The summed E-state index contributed by atoms with van der Waals surface area (Å²) in [6.45, 7) is 3.40. The van der Waals surface area contributed by atoms with Crippen LogP contribution in [-0.2, 0) is 9.59 Å². The van der Waals surface area contributed by atoms with Crippen molar-refractivity contribution in [1.82, 2.24) is 4.90 Å². The number of amides is 3. The minimum Gasteiger partial charge on any atom is -0.350 e. The molecule has 4 rings (SSSR count). The minimum atomic E-state index is -0.559. The summed E-state index contributed by atoms with van der Waals surface area (Å²) in [5.41, 5.74) is 2.51. The summed E-state index contributed by atoms with van der Waals surface area (Å²) in [5, 5.41) is 2.80. The number of halogens is 1. The lowest BCUT2D eigenvalue weighted by Crippen LogP contribution is -2.32. The van der Waals surface area contributed by atoms with Gasteiger partial charge in [0.25, 0.3) is 17.7 Å². The van der Waals surface area contributed by atoms with Gasteiger partial charge in [0, 0.05) is 24.3 Å². The summed E-state index contributed by atoms with van der Waals surface area (Å²) in [6.07, 6.45) is 4.39. The Hall–Kier alpha value is -3.12. The Balaban J connectivity index is 1.50. The maximum absolute atomic E-state index is 12.9. The molecule has 0 bridgehead atoms. The van der Waals surface area contributed by atoms with Gasteiger partial charge < -0.3 is 10.2 Å². The highest BCUT2D eigenvalue weighted by atomic mass is 35.5. The fraction of sp³-hybridized carbons (Fsp3) is 0.292. The molecule has 160 valence electrons. The number of aryl methyl sites for hydroxylation is 1. The molecule has 1 saturated heterocycles. The number of nitrogens with zero attached hydrogens (tertiary/aromatic N) is 2. The molecule has 0 radical (unpaired) electrons. The smallest absolute Gasteiger partial charge is 0.283 e. The maximum Gasteiger partial charge on any atom is 0.283 e. The molecule has 0 aliphatic carbocycles. The molecule has 2 aliphatic heterocycles. The molecule has 1 N–H and O–H groups in total. The minimum absolute atomic E-state index is 0.0172. The number of nitrogens with one attached hydrogen (secondary N) is 1. The van der Waals surface area contributed by atoms with E-state index in [0.717, 1.165) is 49.2 Å². The predicted molar refractivity (Wildman–Crippen MR) is 121 cm³/mol. The number of hydrogen-bond donors (Lipinski definition) is 1. The van der Waals surface area contributed by atoms with Crippen LogP contribution >= 0.6 is 11.6 Å². The van der Waals surface area contributed by atoms with Gasteiger partial charge in [0.15, 0.2) is 0 Å². The monoisotopic (exact) mass is 437 g/mol. The van der Waals surface area contributed by atoms with Gasteiger partial charge in [0.2, 0.25) is 0 Å². The van der Waals surface area contributed by atoms with Crippen LogP contribution in [0.4, 0.5) is 11.4 Å². The second-order valence-corrected chi connectivity index (χ2v) is 8.21. The fourth-order valence-corrected chi connectivity index (χ4v) is 4.15. The number of hydrogen-bond acceptors (Lipinski definition) is 4. The van der Waals surface area contributed by atoms with E-state index in [-0.39, 0.29) is 16.6 Å². The lowest BCUT2D eigenvalue weighted by atomic mass is 10.1. The topological polar surface area (TPSA) is 69.7 Å². The third kappa shape index (κ3) is 4.21. The molecule has 0 unspecified atom stereocenters. The van der Waals surface area contributed by atoms with Crippen LogP contribution in [0, 0.1) is 6.92 Å². The standard InChI is InChI=1S/C24H24ClN3O3/c1-16-8-4-5-9-19(16)28-23(30)20(25)21(24(28)31)26-18-12-10-17(11-13-18)22(29)27-14-6-2-3-7-15-27/h4-5,8-13,26H,2-3,6-7,14-15H2,1H3. The number of carbonyl (C=O) groups excluding carboxylic acids is 3. The zero-order chi connectivity index (χ0) is 22.0. The van der Waals surface area contributed by atoms with Gasteiger partial charge in [-0.1, -0.05) is 42.6 Å².